The number of carboxylic acids is 1. The number of halogens is 3. The third-order valence-electron chi connectivity index (χ3n) is 7.51. The normalized spacial score (nSPS) is 25.9. The summed E-state index contributed by atoms with van der Waals surface area (Å²) in [6.07, 6.45) is 2.44. The zero-order valence-electron chi connectivity index (χ0n) is 19.7. The molecule has 0 spiro atoms. The average Bonchev–Trinajstić information content (AvgIpc) is 2.80. The molecule has 2 fully saturated rings. The summed E-state index contributed by atoms with van der Waals surface area (Å²) in [6.45, 7) is 2.82. The predicted molar refractivity (Wildman–Crippen MR) is 126 cm³/mol. The first-order valence-electron chi connectivity index (χ1n) is 12.5. The van der Waals surface area contributed by atoms with Crippen molar-refractivity contribution in [2.75, 3.05) is 6.54 Å². The molecule has 0 unspecified atom stereocenters. The number of carboxylic acid groups (broad SMARTS) is 1. The number of fused-ring (bicyclic) bond motifs is 1. The van der Waals surface area contributed by atoms with Crippen LogP contribution in [-0.2, 0) is 17.4 Å². The van der Waals surface area contributed by atoms with E-state index >= 15 is 0 Å². The van der Waals surface area contributed by atoms with Crippen molar-refractivity contribution < 1.29 is 27.8 Å². The van der Waals surface area contributed by atoms with Gasteiger partial charge >= 0.3 is 12.1 Å². The summed E-state index contributed by atoms with van der Waals surface area (Å²) in [4.78, 5) is 11.1. The van der Waals surface area contributed by atoms with Gasteiger partial charge in [0.05, 0.1) is 12.0 Å². The monoisotopic (exact) mass is 477 g/mol. The Morgan fingerprint density at radius 3 is 2.35 bits per heavy atom. The van der Waals surface area contributed by atoms with Crippen molar-refractivity contribution in [3.05, 3.63) is 41.5 Å². The van der Waals surface area contributed by atoms with Gasteiger partial charge in [-0.1, -0.05) is 31.2 Å². The summed E-state index contributed by atoms with van der Waals surface area (Å²) in [5.74, 6) is -0.448. The van der Waals surface area contributed by atoms with Gasteiger partial charge in [0.25, 0.3) is 0 Å². The SMILES string of the molecule is C[C@H]1CC[C@@H](Oc2ccc3ccc(CCN[C@H]4CC[C@@H](C(=O)O)CC4)cc3c2C(F)(F)F)CC1. The molecular weight excluding hydrogens is 443 g/mol. The van der Waals surface area contributed by atoms with Crippen molar-refractivity contribution >= 4 is 16.7 Å². The standard InChI is InChI=1S/C27H34F3NO3/c1-17-2-11-22(12-3-17)34-24-13-8-19-5-4-18(16-23(19)25(24)27(28,29)30)14-15-31-21-9-6-20(7-10-21)26(32)33/h4-5,8,13,16-17,20-22,31H,2-3,6-7,9-12,14-15H2,1H3,(H,32,33)/t17-,20-,21+,22+. The highest BCUT2D eigenvalue weighted by molar-refractivity contribution is 5.89. The fourth-order valence-corrected chi connectivity index (χ4v) is 5.38. The maximum Gasteiger partial charge on any atom is 0.420 e. The van der Waals surface area contributed by atoms with Crippen LogP contribution in [0.1, 0.15) is 69.4 Å². The van der Waals surface area contributed by atoms with E-state index in [1.54, 1.807) is 18.2 Å². The lowest BCUT2D eigenvalue weighted by Gasteiger charge is -2.28. The second-order valence-electron chi connectivity index (χ2n) is 10.1. The second-order valence-corrected chi connectivity index (χ2v) is 10.1. The van der Waals surface area contributed by atoms with Gasteiger partial charge in [-0.25, -0.2) is 0 Å². The van der Waals surface area contributed by atoms with Crippen molar-refractivity contribution in [2.24, 2.45) is 11.8 Å². The van der Waals surface area contributed by atoms with Gasteiger partial charge in [-0.15, -0.1) is 0 Å². The van der Waals surface area contributed by atoms with E-state index in [2.05, 4.69) is 12.2 Å². The Morgan fingerprint density at radius 1 is 1.03 bits per heavy atom. The molecule has 186 valence electrons. The summed E-state index contributed by atoms with van der Waals surface area (Å²) >= 11 is 0. The highest BCUT2D eigenvalue weighted by Gasteiger charge is 2.37. The molecule has 0 aliphatic heterocycles. The Bertz CT molecular complexity index is 991. The molecule has 2 aromatic carbocycles. The second kappa shape index (κ2) is 10.5. The van der Waals surface area contributed by atoms with Crippen LogP contribution < -0.4 is 10.1 Å². The van der Waals surface area contributed by atoms with Gasteiger partial charge in [0.1, 0.15) is 11.3 Å². The van der Waals surface area contributed by atoms with Crippen LogP contribution >= 0.6 is 0 Å². The minimum absolute atomic E-state index is 0.0648. The smallest absolute Gasteiger partial charge is 0.420 e. The largest absolute Gasteiger partial charge is 0.490 e. The predicted octanol–water partition coefficient (Wildman–Crippen LogP) is 6.59. The van der Waals surface area contributed by atoms with Crippen LogP contribution in [0.25, 0.3) is 10.8 Å². The van der Waals surface area contributed by atoms with Gasteiger partial charge in [-0.05, 0) is 92.7 Å². The Hall–Kier alpha value is -2.28. The molecule has 0 radical (unpaired) electrons. The molecule has 34 heavy (non-hydrogen) atoms. The van der Waals surface area contributed by atoms with Gasteiger partial charge in [-0.2, -0.15) is 13.2 Å². The van der Waals surface area contributed by atoms with Crippen molar-refractivity contribution in [1.29, 1.82) is 0 Å². The number of carbonyl (C=O) groups is 1. The van der Waals surface area contributed by atoms with Crippen LogP contribution in [0, 0.1) is 11.8 Å². The highest BCUT2D eigenvalue weighted by Crippen LogP contribution is 2.43. The summed E-state index contributed by atoms with van der Waals surface area (Å²) in [7, 11) is 0. The van der Waals surface area contributed by atoms with Gasteiger partial charge in [0, 0.05) is 6.04 Å². The van der Waals surface area contributed by atoms with Crippen molar-refractivity contribution in [1.82, 2.24) is 5.32 Å². The van der Waals surface area contributed by atoms with E-state index in [4.69, 9.17) is 9.84 Å². The summed E-state index contributed by atoms with van der Waals surface area (Å²) < 4.78 is 48.4. The molecular formula is C27H34F3NO3. The van der Waals surface area contributed by atoms with Gasteiger partial charge in [0.2, 0.25) is 0 Å². The average molecular weight is 478 g/mol. The zero-order chi connectivity index (χ0) is 24.3. The fourth-order valence-electron chi connectivity index (χ4n) is 5.38. The van der Waals surface area contributed by atoms with Crippen molar-refractivity contribution in [3.8, 4) is 5.75 Å². The number of aliphatic carboxylic acids is 1. The van der Waals surface area contributed by atoms with Crippen LogP contribution in [0.2, 0.25) is 0 Å². The Balaban J connectivity index is 1.46. The lowest BCUT2D eigenvalue weighted by Crippen LogP contribution is -2.36. The van der Waals surface area contributed by atoms with E-state index < -0.39 is 17.7 Å². The topological polar surface area (TPSA) is 58.6 Å². The van der Waals surface area contributed by atoms with Crippen LogP contribution in [0.5, 0.6) is 5.75 Å². The molecule has 0 amide bonds. The number of nitrogens with one attached hydrogen (secondary N) is 1. The molecule has 7 heteroatoms. The number of hydrogen-bond acceptors (Lipinski definition) is 3. The van der Waals surface area contributed by atoms with Crippen LogP contribution in [0.4, 0.5) is 13.2 Å². The van der Waals surface area contributed by atoms with E-state index in [9.17, 15) is 18.0 Å². The molecule has 2 N–H and O–H groups in total. The Morgan fingerprint density at radius 2 is 1.71 bits per heavy atom. The number of hydrogen-bond donors (Lipinski definition) is 2. The molecule has 4 rings (SSSR count). The molecule has 0 aromatic heterocycles. The zero-order valence-corrected chi connectivity index (χ0v) is 19.7. The van der Waals surface area contributed by atoms with E-state index in [0.29, 0.717) is 37.1 Å². The molecule has 0 bridgehead atoms. The van der Waals surface area contributed by atoms with E-state index in [0.717, 1.165) is 44.1 Å². The van der Waals surface area contributed by atoms with Crippen molar-refractivity contribution in [3.63, 3.8) is 0 Å². The lowest BCUT2D eigenvalue weighted by atomic mass is 9.86. The summed E-state index contributed by atoms with van der Waals surface area (Å²) in [5.41, 5.74) is 0.166. The maximum atomic E-state index is 14.2. The summed E-state index contributed by atoms with van der Waals surface area (Å²) in [6, 6.07) is 8.74. The Kier molecular flexibility index (Phi) is 7.70. The van der Waals surface area contributed by atoms with E-state index in [-0.39, 0.29) is 29.2 Å². The van der Waals surface area contributed by atoms with E-state index in [1.807, 2.05) is 6.07 Å². The van der Waals surface area contributed by atoms with Crippen LogP contribution in [-0.4, -0.2) is 29.8 Å². The number of benzene rings is 2. The third-order valence-corrected chi connectivity index (χ3v) is 7.51. The molecule has 0 atom stereocenters. The Labute approximate surface area is 198 Å². The number of alkyl halides is 3. The molecule has 0 saturated heterocycles. The quantitative estimate of drug-likeness (QED) is 0.472. The molecule has 2 saturated carbocycles. The minimum Gasteiger partial charge on any atom is -0.490 e. The first-order chi connectivity index (χ1) is 16.2. The van der Waals surface area contributed by atoms with Gasteiger partial charge < -0.3 is 15.2 Å². The molecule has 2 aliphatic carbocycles. The first kappa shape index (κ1) is 24.8. The molecule has 0 heterocycles. The molecule has 2 aromatic rings. The fraction of sp³-hybridized carbons (Fsp3) is 0.593. The summed E-state index contributed by atoms with van der Waals surface area (Å²) in [5, 5.41) is 13.3. The lowest BCUT2D eigenvalue weighted by molar-refractivity contribution is -0.143. The van der Waals surface area contributed by atoms with Crippen molar-refractivity contribution in [2.45, 2.75) is 83.0 Å². The van der Waals surface area contributed by atoms with Gasteiger partial charge in [0.15, 0.2) is 0 Å². The maximum absolute atomic E-state index is 14.2. The van der Waals surface area contributed by atoms with Crippen LogP contribution in [0.15, 0.2) is 30.3 Å². The van der Waals surface area contributed by atoms with Crippen LogP contribution in [0.3, 0.4) is 0 Å². The first-order valence-corrected chi connectivity index (χ1v) is 12.5. The minimum atomic E-state index is -4.50. The number of rotatable bonds is 7. The molecule has 4 nitrogen and oxygen atoms in total. The highest BCUT2D eigenvalue weighted by atomic mass is 19.4. The third kappa shape index (κ3) is 6.04. The van der Waals surface area contributed by atoms with E-state index in [1.165, 1.54) is 6.07 Å². The molecule has 2 aliphatic rings. The number of ether oxygens (including phenoxy) is 1. The van der Waals surface area contributed by atoms with Gasteiger partial charge in [-0.3, -0.25) is 4.79 Å².